The van der Waals surface area contributed by atoms with Crippen LogP contribution in [0.2, 0.25) is 0 Å². The van der Waals surface area contributed by atoms with Crippen molar-refractivity contribution in [1.82, 2.24) is 9.97 Å². The van der Waals surface area contributed by atoms with Crippen LogP contribution in [-0.2, 0) is 6.42 Å². The van der Waals surface area contributed by atoms with Crippen LogP contribution in [0, 0.1) is 10.1 Å². The first kappa shape index (κ1) is 16.8. The predicted octanol–water partition coefficient (Wildman–Crippen LogP) is 4.97. The molecule has 0 saturated heterocycles. The highest BCUT2D eigenvalue weighted by Crippen LogP contribution is 2.29. The molecular formula is C19H20N4O2. The van der Waals surface area contributed by atoms with E-state index in [1.807, 2.05) is 51.1 Å². The maximum absolute atomic E-state index is 11.3. The molecule has 0 spiro atoms. The van der Waals surface area contributed by atoms with Crippen LogP contribution in [0.1, 0.15) is 38.1 Å². The number of fused-ring (bicyclic) bond motifs is 1. The Morgan fingerprint density at radius 3 is 2.60 bits per heavy atom. The quantitative estimate of drug-likeness (QED) is 0.525. The van der Waals surface area contributed by atoms with E-state index >= 15 is 0 Å². The van der Waals surface area contributed by atoms with Gasteiger partial charge < -0.3 is 5.32 Å². The fourth-order valence-corrected chi connectivity index (χ4v) is 2.70. The largest absolute Gasteiger partial charge is 0.339 e. The van der Waals surface area contributed by atoms with Crippen LogP contribution in [0.5, 0.6) is 0 Å². The normalized spacial score (nSPS) is 11.0. The lowest BCUT2D eigenvalue weighted by Crippen LogP contribution is -2.04. The zero-order valence-electron chi connectivity index (χ0n) is 14.5. The lowest BCUT2D eigenvalue weighted by molar-refractivity contribution is -0.385. The third-order valence-electron chi connectivity index (χ3n) is 4.06. The van der Waals surface area contributed by atoms with Gasteiger partial charge in [-0.25, -0.2) is 9.97 Å². The van der Waals surface area contributed by atoms with E-state index in [0.717, 1.165) is 16.7 Å². The number of nitrogens with one attached hydrogen (secondary N) is 1. The van der Waals surface area contributed by atoms with E-state index in [2.05, 4.69) is 15.3 Å². The number of aryl methyl sites for hydroxylation is 1. The smallest absolute Gasteiger partial charge is 0.274 e. The fraction of sp³-hybridized carbons (Fsp3) is 0.263. The van der Waals surface area contributed by atoms with Crippen LogP contribution in [0.4, 0.5) is 17.2 Å². The number of rotatable bonds is 5. The average Bonchev–Trinajstić information content (AvgIpc) is 2.61. The van der Waals surface area contributed by atoms with Crippen molar-refractivity contribution in [2.75, 3.05) is 5.32 Å². The van der Waals surface area contributed by atoms with E-state index in [0.29, 0.717) is 23.5 Å². The minimum Gasteiger partial charge on any atom is -0.339 e. The molecular weight excluding hydrogens is 316 g/mol. The van der Waals surface area contributed by atoms with Gasteiger partial charge in [-0.3, -0.25) is 10.1 Å². The Hall–Kier alpha value is -3.02. The standard InChI is InChI=1S/C19H20N4O2/c1-4-13-9-10-14(11-17(13)23(24)25)20-19-15-7-5-6-8-16(15)21-18(22-19)12(2)3/h5-12H,4H2,1-3H3,(H,20,21,22). The molecule has 6 heteroatoms. The number of aromatic nitrogens is 2. The SMILES string of the molecule is CCc1ccc(Nc2nc(C(C)C)nc3ccccc23)cc1[N+](=O)[O-]. The third kappa shape index (κ3) is 3.42. The second kappa shape index (κ2) is 6.84. The first-order valence-electron chi connectivity index (χ1n) is 8.30. The number of anilines is 2. The molecule has 0 unspecified atom stereocenters. The van der Waals surface area contributed by atoms with Crippen molar-refractivity contribution in [2.45, 2.75) is 33.1 Å². The van der Waals surface area contributed by atoms with Gasteiger partial charge >= 0.3 is 0 Å². The summed E-state index contributed by atoms with van der Waals surface area (Å²) < 4.78 is 0. The summed E-state index contributed by atoms with van der Waals surface area (Å²) >= 11 is 0. The maximum atomic E-state index is 11.3. The maximum Gasteiger partial charge on any atom is 0.274 e. The van der Waals surface area contributed by atoms with Crippen molar-refractivity contribution < 1.29 is 4.92 Å². The van der Waals surface area contributed by atoms with Crippen LogP contribution in [0.15, 0.2) is 42.5 Å². The van der Waals surface area contributed by atoms with Crippen molar-refractivity contribution in [3.8, 4) is 0 Å². The van der Waals surface area contributed by atoms with Crippen molar-refractivity contribution in [2.24, 2.45) is 0 Å². The number of para-hydroxylation sites is 1. The predicted molar refractivity (Wildman–Crippen MR) is 99.4 cm³/mol. The Bertz CT molecular complexity index is 938. The molecule has 3 aromatic rings. The molecule has 25 heavy (non-hydrogen) atoms. The van der Waals surface area contributed by atoms with Gasteiger partial charge in [0.25, 0.3) is 5.69 Å². The van der Waals surface area contributed by atoms with Gasteiger partial charge in [0.1, 0.15) is 11.6 Å². The van der Waals surface area contributed by atoms with Gasteiger partial charge in [0.2, 0.25) is 0 Å². The fourth-order valence-electron chi connectivity index (χ4n) is 2.70. The lowest BCUT2D eigenvalue weighted by atomic mass is 10.1. The van der Waals surface area contributed by atoms with E-state index < -0.39 is 0 Å². The topological polar surface area (TPSA) is 81.0 Å². The molecule has 0 aliphatic heterocycles. The van der Waals surface area contributed by atoms with Gasteiger partial charge in [0.05, 0.1) is 10.4 Å². The van der Waals surface area contributed by atoms with Gasteiger partial charge in [-0.15, -0.1) is 0 Å². The van der Waals surface area contributed by atoms with Crippen molar-refractivity contribution in [3.05, 3.63) is 64.0 Å². The Morgan fingerprint density at radius 1 is 1.16 bits per heavy atom. The minimum atomic E-state index is -0.346. The highest BCUT2D eigenvalue weighted by molar-refractivity contribution is 5.91. The number of nitrogens with zero attached hydrogens (tertiary/aromatic N) is 3. The zero-order valence-corrected chi connectivity index (χ0v) is 14.5. The summed E-state index contributed by atoms with van der Waals surface area (Å²) in [7, 11) is 0. The zero-order chi connectivity index (χ0) is 18.0. The Kier molecular flexibility index (Phi) is 4.61. The minimum absolute atomic E-state index is 0.120. The molecule has 0 aliphatic carbocycles. The van der Waals surface area contributed by atoms with Crippen LogP contribution < -0.4 is 5.32 Å². The Labute approximate surface area is 146 Å². The molecule has 0 radical (unpaired) electrons. The Balaban J connectivity index is 2.08. The molecule has 0 fully saturated rings. The lowest BCUT2D eigenvalue weighted by Gasteiger charge is -2.13. The van der Waals surface area contributed by atoms with E-state index in [9.17, 15) is 10.1 Å². The first-order chi connectivity index (χ1) is 12.0. The third-order valence-corrected chi connectivity index (χ3v) is 4.06. The summed E-state index contributed by atoms with van der Waals surface area (Å²) in [5, 5.41) is 15.4. The van der Waals surface area contributed by atoms with Crippen LogP contribution >= 0.6 is 0 Å². The molecule has 0 bridgehead atoms. The number of benzene rings is 2. The monoisotopic (exact) mass is 336 g/mol. The highest BCUT2D eigenvalue weighted by atomic mass is 16.6. The van der Waals surface area contributed by atoms with Gasteiger partial charge in [-0.2, -0.15) is 0 Å². The molecule has 1 N–H and O–H groups in total. The first-order valence-corrected chi connectivity index (χ1v) is 8.30. The second-order valence-electron chi connectivity index (χ2n) is 6.18. The summed E-state index contributed by atoms with van der Waals surface area (Å²) in [4.78, 5) is 20.2. The van der Waals surface area contributed by atoms with Crippen LogP contribution in [0.25, 0.3) is 10.9 Å². The molecule has 0 aliphatic rings. The van der Waals surface area contributed by atoms with Crippen LogP contribution in [0.3, 0.4) is 0 Å². The summed E-state index contributed by atoms with van der Waals surface area (Å²) in [5.41, 5.74) is 2.33. The molecule has 3 rings (SSSR count). The summed E-state index contributed by atoms with van der Waals surface area (Å²) in [6.07, 6.45) is 0.616. The summed E-state index contributed by atoms with van der Waals surface area (Å²) in [6.45, 7) is 5.98. The average molecular weight is 336 g/mol. The van der Waals surface area contributed by atoms with E-state index in [1.54, 1.807) is 12.1 Å². The molecule has 6 nitrogen and oxygen atoms in total. The second-order valence-corrected chi connectivity index (χ2v) is 6.18. The highest BCUT2D eigenvalue weighted by Gasteiger charge is 2.15. The molecule has 0 atom stereocenters. The van der Waals surface area contributed by atoms with Gasteiger partial charge in [-0.05, 0) is 24.6 Å². The number of hydrogen-bond donors (Lipinski definition) is 1. The van der Waals surface area contributed by atoms with Crippen molar-refractivity contribution in [3.63, 3.8) is 0 Å². The summed E-state index contributed by atoms with van der Waals surface area (Å²) in [5.74, 6) is 1.58. The van der Waals surface area contributed by atoms with E-state index in [-0.39, 0.29) is 16.5 Å². The van der Waals surface area contributed by atoms with Gasteiger partial charge in [-0.1, -0.05) is 39.0 Å². The molecule has 0 saturated carbocycles. The van der Waals surface area contributed by atoms with E-state index in [1.165, 1.54) is 0 Å². The van der Waals surface area contributed by atoms with Gasteiger partial charge in [0, 0.05) is 28.6 Å². The van der Waals surface area contributed by atoms with Gasteiger partial charge in [0.15, 0.2) is 0 Å². The summed E-state index contributed by atoms with van der Waals surface area (Å²) in [6, 6.07) is 12.9. The van der Waals surface area contributed by atoms with Crippen LogP contribution in [-0.4, -0.2) is 14.9 Å². The molecule has 128 valence electrons. The molecule has 0 amide bonds. The number of nitro benzene ring substituents is 1. The van der Waals surface area contributed by atoms with E-state index in [4.69, 9.17) is 0 Å². The molecule has 1 heterocycles. The Morgan fingerprint density at radius 2 is 1.92 bits per heavy atom. The molecule has 2 aromatic carbocycles. The van der Waals surface area contributed by atoms with Crippen molar-refractivity contribution in [1.29, 1.82) is 0 Å². The molecule has 1 aromatic heterocycles. The van der Waals surface area contributed by atoms with Crippen molar-refractivity contribution >= 4 is 28.1 Å². The number of hydrogen-bond acceptors (Lipinski definition) is 5. The number of nitro groups is 1.